The number of methoxy groups -OCH3 is 1. The van der Waals surface area contributed by atoms with Crippen molar-refractivity contribution >= 4 is 0 Å². The molecule has 4 heteroatoms. The van der Waals surface area contributed by atoms with Gasteiger partial charge >= 0.3 is 0 Å². The molecule has 1 rings (SSSR count). The summed E-state index contributed by atoms with van der Waals surface area (Å²) in [7, 11) is 1.48. The fourth-order valence-electron chi connectivity index (χ4n) is 2.22. The Morgan fingerprint density at radius 2 is 2.05 bits per heavy atom. The van der Waals surface area contributed by atoms with E-state index in [1.807, 2.05) is 6.07 Å². The first-order chi connectivity index (χ1) is 9.02. The third kappa shape index (κ3) is 3.45. The minimum absolute atomic E-state index is 0.107. The Morgan fingerprint density at radius 3 is 2.53 bits per heavy atom. The summed E-state index contributed by atoms with van der Waals surface area (Å²) in [4.78, 5) is 2.21. The van der Waals surface area contributed by atoms with E-state index in [0.717, 1.165) is 13.0 Å². The van der Waals surface area contributed by atoms with Crippen LogP contribution < -0.4 is 10.5 Å². The van der Waals surface area contributed by atoms with Gasteiger partial charge in [-0.3, -0.25) is 4.90 Å². The van der Waals surface area contributed by atoms with Crippen molar-refractivity contribution in [2.45, 2.75) is 39.3 Å². The average molecular weight is 268 g/mol. The third-order valence-corrected chi connectivity index (χ3v) is 3.97. The number of nitrogens with zero attached hydrogens (tertiary/aromatic N) is 1. The highest BCUT2D eigenvalue weighted by atomic mass is 19.1. The lowest BCUT2D eigenvalue weighted by atomic mass is 9.95. The van der Waals surface area contributed by atoms with Gasteiger partial charge in [-0.1, -0.05) is 26.0 Å². The van der Waals surface area contributed by atoms with Crippen LogP contribution in [0.25, 0.3) is 0 Å². The van der Waals surface area contributed by atoms with Crippen LogP contribution in [0.15, 0.2) is 18.2 Å². The van der Waals surface area contributed by atoms with E-state index >= 15 is 0 Å². The highest BCUT2D eigenvalue weighted by Gasteiger charge is 2.28. The molecule has 0 aromatic heterocycles. The van der Waals surface area contributed by atoms with Crippen LogP contribution >= 0.6 is 0 Å². The molecule has 0 bridgehead atoms. The standard InChI is InChI=1S/C15H25FN2O/c1-5-15(3,11-17)18(6-2)10-12-8-7-9-13(19-4)14(12)16/h7-9H,5-6,10-11,17H2,1-4H3. The maximum absolute atomic E-state index is 14.2. The van der Waals surface area contributed by atoms with Crippen molar-refractivity contribution in [3.8, 4) is 5.75 Å². The number of benzene rings is 1. The molecule has 0 aliphatic rings. The Labute approximate surface area is 115 Å². The van der Waals surface area contributed by atoms with Gasteiger partial charge in [0.1, 0.15) is 0 Å². The van der Waals surface area contributed by atoms with Crippen LogP contribution in [0, 0.1) is 5.82 Å². The van der Waals surface area contributed by atoms with E-state index in [4.69, 9.17) is 10.5 Å². The monoisotopic (exact) mass is 268 g/mol. The lowest BCUT2D eigenvalue weighted by molar-refractivity contribution is 0.103. The smallest absolute Gasteiger partial charge is 0.169 e. The Balaban J connectivity index is 2.99. The maximum Gasteiger partial charge on any atom is 0.169 e. The van der Waals surface area contributed by atoms with Crippen LogP contribution in [0.4, 0.5) is 4.39 Å². The number of nitrogens with two attached hydrogens (primary N) is 1. The van der Waals surface area contributed by atoms with E-state index in [2.05, 4.69) is 25.7 Å². The third-order valence-electron chi connectivity index (χ3n) is 3.97. The largest absolute Gasteiger partial charge is 0.494 e. The summed E-state index contributed by atoms with van der Waals surface area (Å²) in [6.45, 7) is 8.23. The van der Waals surface area contributed by atoms with E-state index in [-0.39, 0.29) is 11.4 Å². The second-order valence-corrected chi connectivity index (χ2v) is 5.00. The van der Waals surface area contributed by atoms with Gasteiger partial charge in [-0.05, 0) is 26.0 Å². The molecule has 0 heterocycles. The molecule has 0 radical (unpaired) electrons. The fourth-order valence-corrected chi connectivity index (χ4v) is 2.22. The first-order valence-corrected chi connectivity index (χ1v) is 6.78. The van der Waals surface area contributed by atoms with Gasteiger partial charge in [0.25, 0.3) is 0 Å². The Bertz CT molecular complexity index is 405. The normalized spacial score (nSPS) is 14.5. The van der Waals surface area contributed by atoms with E-state index < -0.39 is 0 Å². The van der Waals surface area contributed by atoms with Gasteiger partial charge in [0.2, 0.25) is 0 Å². The maximum atomic E-state index is 14.2. The molecule has 1 aromatic rings. The fraction of sp³-hybridized carbons (Fsp3) is 0.600. The zero-order valence-corrected chi connectivity index (χ0v) is 12.4. The van der Waals surface area contributed by atoms with Crippen molar-refractivity contribution in [1.29, 1.82) is 0 Å². The number of hydrogen-bond acceptors (Lipinski definition) is 3. The van der Waals surface area contributed by atoms with E-state index in [9.17, 15) is 4.39 Å². The van der Waals surface area contributed by atoms with Gasteiger partial charge in [0, 0.05) is 24.2 Å². The molecule has 2 N–H and O–H groups in total. The van der Waals surface area contributed by atoms with E-state index in [1.54, 1.807) is 12.1 Å². The molecule has 19 heavy (non-hydrogen) atoms. The lowest BCUT2D eigenvalue weighted by Gasteiger charge is -2.39. The predicted octanol–water partition coefficient (Wildman–Crippen LogP) is 2.78. The van der Waals surface area contributed by atoms with Crippen LogP contribution in [-0.2, 0) is 6.54 Å². The molecular formula is C15H25FN2O. The van der Waals surface area contributed by atoms with Crippen molar-refractivity contribution in [3.63, 3.8) is 0 Å². The van der Waals surface area contributed by atoms with Gasteiger partial charge in [-0.25, -0.2) is 4.39 Å². The summed E-state index contributed by atoms with van der Waals surface area (Å²) >= 11 is 0. The molecule has 1 atom stereocenters. The van der Waals surface area contributed by atoms with Crippen LogP contribution in [0.5, 0.6) is 5.75 Å². The molecule has 0 amide bonds. The molecule has 0 aliphatic heterocycles. The van der Waals surface area contributed by atoms with Crippen LogP contribution in [0.2, 0.25) is 0 Å². The predicted molar refractivity (Wildman–Crippen MR) is 76.8 cm³/mol. The number of rotatable bonds is 7. The summed E-state index contributed by atoms with van der Waals surface area (Å²) in [5, 5.41) is 0. The highest BCUT2D eigenvalue weighted by Crippen LogP contribution is 2.25. The topological polar surface area (TPSA) is 38.5 Å². The molecular weight excluding hydrogens is 243 g/mol. The van der Waals surface area contributed by atoms with Gasteiger partial charge in [-0.2, -0.15) is 0 Å². The SMILES string of the molecule is CCN(Cc1cccc(OC)c1F)C(C)(CC)CN. The summed E-state index contributed by atoms with van der Waals surface area (Å²) in [6, 6.07) is 5.25. The van der Waals surface area contributed by atoms with E-state index in [0.29, 0.717) is 24.4 Å². The molecule has 0 spiro atoms. The second kappa shape index (κ2) is 6.87. The zero-order chi connectivity index (χ0) is 14.5. The minimum atomic E-state index is -0.279. The van der Waals surface area contributed by atoms with Crippen molar-refractivity contribution in [1.82, 2.24) is 4.90 Å². The molecule has 0 saturated carbocycles. The minimum Gasteiger partial charge on any atom is -0.494 e. The second-order valence-electron chi connectivity index (χ2n) is 5.00. The molecule has 108 valence electrons. The zero-order valence-electron chi connectivity index (χ0n) is 12.4. The van der Waals surface area contributed by atoms with E-state index in [1.165, 1.54) is 7.11 Å². The Kier molecular flexibility index (Phi) is 5.76. The van der Waals surface area contributed by atoms with Crippen LogP contribution in [-0.4, -0.2) is 30.6 Å². The van der Waals surface area contributed by atoms with Gasteiger partial charge < -0.3 is 10.5 Å². The molecule has 0 fully saturated rings. The summed E-state index contributed by atoms with van der Waals surface area (Å²) in [6.07, 6.45) is 0.933. The average Bonchev–Trinajstić information content (AvgIpc) is 2.45. The van der Waals surface area contributed by atoms with Gasteiger partial charge in [0.05, 0.1) is 7.11 Å². The summed E-state index contributed by atoms with van der Waals surface area (Å²) < 4.78 is 19.2. The summed E-state index contributed by atoms with van der Waals surface area (Å²) in [5.41, 5.74) is 6.42. The lowest BCUT2D eigenvalue weighted by Crippen LogP contribution is -2.50. The highest BCUT2D eigenvalue weighted by molar-refractivity contribution is 5.31. The molecule has 3 nitrogen and oxygen atoms in total. The van der Waals surface area contributed by atoms with Gasteiger partial charge in [-0.15, -0.1) is 0 Å². The Morgan fingerprint density at radius 1 is 1.37 bits per heavy atom. The molecule has 0 aliphatic carbocycles. The number of hydrogen-bond donors (Lipinski definition) is 1. The van der Waals surface area contributed by atoms with Crippen molar-refractivity contribution in [3.05, 3.63) is 29.6 Å². The van der Waals surface area contributed by atoms with Crippen LogP contribution in [0.3, 0.4) is 0 Å². The van der Waals surface area contributed by atoms with Crippen LogP contribution in [0.1, 0.15) is 32.8 Å². The molecule has 0 saturated heterocycles. The first kappa shape index (κ1) is 15.9. The first-order valence-electron chi connectivity index (χ1n) is 6.78. The van der Waals surface area contributed by atoms with Gasteiger partial charge in [0.15, 0.2) is 11.6 Å². The van der Waals surface area contributed by atoms with Crippen molar-refractivity contribution < 1.29 is 9.13 Å². The summed E-state index contributed by atoms with van der Waals surface area (Å²) in [5.74, 6) is 0.0124. The van der Waals surface area contributed by atoms with Crippen molar-refractivity contribution in [2.75, 3.05) is 20.2 Å². The number of halogens is 1. The number of likely N-dealkylation sites (N-methyl/N-ethyl adjacent to an activating group) is 1. The molecule has 1 aromatic carbocycles. The van der Waals surface area contributed by atoms with Crippen molar-refractivity contribution in [2.24, 2.45) is 5.73 Å². The quantitative estimate of drug-likeness (QED) is 0.826. The Hall–Kier alpha value is -1.13. The number of ether oxygens (including phenoxy) is 1. The molecule has 1 unspecified atom stereocenters.